The molecule has 0 spiro atoms. The smallest absolute Gasteiger partial charge is 0.330 e. The number of nitrogens with zero attached hydrogens (tertiary/aromatic N) is 2. The van der Waals surface area contributed by atoms with Gasteiger partial charge in [0.1, 0.15) is 0 Å². The van der Waals surface area contributed by atoms with Gasteiger partial charge in [-0.25, -0.2) is 9.78 Å². The summed E-state index contributed by atoms with van der Waals surface area (Å²) in [4.78, 5) is 16.8. The Bertz CT molecular complexity index is 633. The Morgan fingerprint density at radius 1 is 1.35 bits per heavy atom. The highest BCUT2D eigenvalue weighted by atomic mass is 32.2. The summed E-state index contributed by atoms with van der Waals surface area (Å²) in [5.74, 6) is -0.360. The highest BCUT2D eigenvalue weighted by molar-refractivity contribution is 7.99. The van der Waals surface area contributed by atoms with Gasteiger partial charge in [-0.15, -0.1) is 0 Å². The van der Waals surface area contributed by atoms with Crippen molar-refractivity contribution in [1.82, 2.24) is 9.55 Å². The lowest BCUT2D eigenvalue weighted by atomic mass is 10.2. The van der Waals surface area contributed by atoms with Crippen LogP contribution in [-0.2, 0) is 16.6 Å². The zero-order valence-corrected chi connectivity index (χ0v) is 12.5. The third kappa shape index (κ3) is 3.30. The molecule has 0 aliphatic rings. The summed E-state index contributed by atoms with van der Waals surface area (Å²) in [6, 6.07) is 10.0. The van der Waals surface area contributed by atoms with Crippen molar-refractivity contribution in [3.05, 3.63) is 48.3 Å². The van der Waals surface area contributed by atoms with E-state index < -0.39 is 0 Å². The minimum atomic E-state index is -0.360. The van der Waals surface area contributed by atoms with Crippen LogP contribution in [0.4, 0.5) is 0 Å². The maximum absolute atomic E-state index is 11.3. The first kappa shape index (κ1) is 14.4. The van der Waals surface area contributed by atoms with Crippen molar-refractivity contribution in [2.75, 3.05) is 7.11 Å². The normalized spacial score (nSPS) is 11.4. The van der Waals surface area contributed by atoms with Gasteiger partial charge in [0.25, 0.3) is 0 Å². The van der Waals surface area contributed by atoms with E-state index in [2.05, 4.69) is 9.72 Å². The lowest BCUT2D eigenvalue weighted by Crippen LogP contribution is -1.99. The standard InChI is InChI=1S/C15H16N2O2S/c1-11(9-14(18)19-3)13-10-16-15(17(13)2)20-12-7-5-4-6-8-12/h4-10H,1-3H3/b11-9-. The second-order valence-electron chi connectivity index (χ2n) is 4.25. The number of carbonyl (C=O) groups is 1. The number of benzene rings is 1. The molecule has 0 saturated heterocycles. The van der Waals surface area contributed by atoms with E-state index in [-0.39, 0.29) is 5.97 Å². The maximum atomic E-state index is 11.3. The fraction of sp³-hybridized carbons (Fsp3) is 0.200. The number of aromatic nitrogens is 2. The number of rotatable bonds is 4. The van der Waals surface area contributed by atoms with Crippen LogP contribution in [0.2, 0.25) is 0 Å². The molecule has 2 aromatic rings. The van der Waals surface area contributed by atoms with Crippen LogP contribution in [-0.4, -0.2) is 22.6 Å². The first-order valence-corrected chi connectivity index (χ1v) is 6.94. The molecule has 1 aromatic carbocycles. The molecule has 0 aliphatic heterocycles. The average Bonchev–Trinajstić information content (AvgIpc) is 2.81. The first-order valence-electron chi connectivity index (χ1n) is 6.13. The van der Waals surface area contributed by atoms with Crippen LogP contribution in [0.1, 0.15) is 12.6 Å². The summed E-state index contributed by atoms with van der Waals surface area (Å²) in [7, 11) is 3.30. The molecule has 1 aromatic heterocycles. The van der Waals surface area contributed by atoms with E-state index >= 15 is 0 Å². The fourth-order valence-electron chi connectivity index (χ4n) is 1.76. The van der Waals surface area contributed by atoms with Gasteiger partial charge in [0.2, 0.25) is 0 Å². The van der Waals surface area contributed by atoms with Crippen molar-refractivity contribution in [3.8, 4) is 0 Å². The summed E-state index contributed by atoms with van der Waals surface area (Å²) >= 11 is 1.59. The number of esters is 1. The molecular weight excluding hydrogens is 272 g/mol. The minimum Gasteiger partial charge on any atom is -0.466 e. The van der Waals surface area contributed by atoms with E-state index in [0.29, 0.717) is 0 Å². The lowest BCUT2D eigenvalue weighted by molar-refractivity contribution is -0.134. The van der Waals surface area contributed by atoms with Crippen LogP contribution < -0.4 is 0 Å². The van der Waals surface area contributed by atoms with Gasteiger partial charge in [-0.05, 0) is 24.6 Å². The molecular formula is C15H16N2O2S. The topological polar surface area (TPSA) is 44.1 Å². The van der Waals surface area contributed by atoms with E-state index in [1.54, 1.807) is 18.0 Å². The van der Waals surface area contributed by atoms with Crippen LogP contribution in [0.5, 0.6) is 0 Å². The zero-order valence-electron chi connectivity index (χ0n) is 11.7. The highest BCUT2D eigenvalue weighted by Gasteiger charge is 2.10. The Morgan fingerprint density at radius 2 is 2.05 bits per heavy atom. The van der Waals surface area contributed by atoms with Crippen LogP contribution in [0, 0.1) is 0 Å². The van der Waals surface area contributed by atoms with E-state index in [1.807, 2.05) is 48.9 Å². The predicted molar refractivity (Wildman–Crippen MR) is 79.4 cm³/mol. The maximum Gasteiger partial charge on any atom is 0.330 e. The van der Waals surface area contributed by atoms with E-state index in [1.165, 1.54) is 13.2 Å². The van der Waals surface area contributed by atoms with Gasteiger partial charge in [0.05, 0.1) is 19.0 Å². The van der Waals surface area contributed by atoms with Gasteiger partial charge < -0.3 is 9.30 Å². The zero-order chi connectivity index (χ0) is 14.5. The SMILES string of the molecule is COC(=O)/C=C(/C)c1cnc(Sc2ccccc2)n1C. The minimum absolute atomic E-state index is 0.360. The molecule has 0 fully saturated rings. The molecule has 0 saturated carbocycles. The largest absolute Gasteiger partial charge is 0.466 e. The third-order valence-corrected chi connectivity index (χ3v) is 3.91. The molecule has 104 valence electrons. The quantitative estimate of drug-likeness (QED) is 0.640. The van der Waals surface area contributed by atoms with Crippen LogP contribution in [0.25, 0.3) is 5.57 Å². The number of carbonyl (C=O) groups excluding carboxylic acids is 1. The number of allylic oxidation sites excluding steroid dienone is 1. The molecule has 0 N–H and O–H groups in total. The summed E-state index contributed by atoms with van der Waals surface area (Å²) in [5.41, 5.74) is 1.72. The second kappa shape index (κ2) is 6.43. The molecule has 0 unspecified atom stereocenters. The molecule has 4 nitrogen and oxygen atoms in total. The van der Waals surface area contributed by atoms with Gasteiger partial charge >= 0.3 is 5.97 Å². The van der Waals surface area contributed by atoms with Gasteiger partial charge in [0.15, 0.2) is 5.16 Å². The van der Waals surface area contributed by atoms with Crippen LogP contribution >= 0.6 is 11.8 Å². The summed E-state index contributed by atoms with van der Waals surface area (Å²) in [6.45, 7) is 1.87. The highest BCUT2D eigenvalue weighted by Crippen LogP contribution is 2.28. The molecule has 0 aliphatic carbocycles. The lowest BCUT2D eigenvalue weighted by Gasteiger charge is -2.05. The Balaban J connectivity index is 2.23. The molecule has 0 bridgehead atoms. The van der Waals surface area contributed by atoms with Crippen molar-refractivity contribution in [2.45, 2.75) is 17.0 Å². The number of ether oxygens (including phenoxy) is 1. The Labute approximate surface area is 122 Å². The first-order chi connectivity index (χ1) is 9.61. The van der Waals surface area contributed by atoms with Crippen molar-refractivity contribution in [1.29, 1.82) is 0 Å². The third-order valence-electron chi connectivity index (χ3n) is 2.84. The Morgan fingerprint density at radius 3 is 2.70 bits per heavy atom. The predicted octanol–water partition coefficient (Wildman–Crippen LogP) is 3.15. The van der Waals surface area contributed by atoms with Crippen LogP contribution in [0.3, 0.4) is 0 Å². The van der Waals surface area contributed by atoms with Crippen molar-refractivity contribution in [2.24, 2.45) is 7.05 Å². The van der Waals surface area contributed by atoms with E-state index in [0.717, 1.165) is 21.3 Å². The summed E-state index contributed by atoms with van der Waals surface area (Å²) < 4.78 is 6.60. The Kier molecular flexibility index (Phi) is 4.63. The average molecular weight is 288 g/mol. The molecule has 0 radical (unpaired) electrons. The van der Waals surface area contributed by atoms with Crippen molar-refractivity contribution < 1.29 is 9.53 Å². The van der Waals surface area contributed by atoms with Gasteiger partial charge in [-0.3, -0.25) is 0 Å². The summed E-state index contributed by atoms with van der Waals surface area (Å²) in [5, 5.41) is 0.879. The number of hydrogen-bond donors (Lipinski definition) is 0. The van der Waals surface area contributed by atoms with Crippen molar-refractivity contribution >= 4 is 23.3 Å². The second-order valence-corrected chi connectivity index (χ2v) is 5.29. The number of hydrogen-bond acceptors (Lipinski definition) is 4. The molecule has 1 heterocycles. The fourth-order valence-corrected chi connectivity index (χ4v) is 2.60. The van der Waals surface area contributed by atoms with Crippen LogP contribution in [0.15, 0.2) is 52.7 Å². The van der Waals surface area contributed by atoms with Gasteiger partial charge in [-0.1, -0.05) is 30.0 Å². The van der Waals surface area contributed by atoms with E-state index in [9.17, 15) is 4.79 Å². The number of imidazole rings is 1. The summed E-state index contributed by atoms with van der Waals surface area (Å²) in [6.07, 6.45) is 3.23. The molecule has 0 atom stereocenters. The van der Waals surface area contributed by atoms with Gasteiger partial charge in [0, 0.05) is 18.0 Å². The van der Waals surface area contributed by atoms with Gasteiger partial charge in [-0.2, -0.15) is 0 Å². The number of methoxy groups -OCH3 is 1. The molecule has 5 heteroatoms. The van der Waals surface area contributed by atoms with E-state index in [4.69, 9.17) is 0 Å². The molecule has 20 heavy (non-hydrogen) atoms. The molecule has 0 amide bonds. The molecule has 2 rings (SSSR count). The Hall–Kier alpha value is -2.01. The monoisotopic (exact) mass is 288 g/mol. The van der Waals surface area contributed by atoms with Crippen molar-refractivity contribution in [3.63, 3.8) is 0 Å².